The third-order valence-electron chi connectivity index (χ3n) is 6.86. The predicted molar refractivity (Wildman–Crippen MR) is 124 cm³/mol. The van der Waals surface area contributed by atoms with Crippen LogP contribution in [0.15, 0.2) is 36.8 Å². The van der Waals surface area contributed by atoms with Crippen LogP contribution in [0, 0.1) is 11.8 Å². The summed E-state index contributed by atoms with van der Waals surface area (Å²) in [7, 11) is 0. The molecule has 1 heterocycles. The Hall–Kier alpha value is -1.70. The van der Waals surface area contributed by atoms with E-state index in [-0.39, 0.29) is 0 Å². The summed E-state index contributed by atoms with van der Waals surface area (Å²) in [5.41, 5.74) is 5.27. The van der Waals surface area contributed by atoms with E-state index in [2.05, 4.69) is 49.3 Å². The van der Waals surface area contributed by atoms with Gasteiger partial charge in [0.2, 0.25) is 0 Å². The Balaban J connectivity index is 1.62. The zero-order valence-electron chi connectivity index (χ0n) is 18.7. The maximum absolute atomic E-state index is 4.74. The molecule has 3 rings (SSSR count). The molecule has 2 aromatic rings. The Morgan fingerprint density at radius 1 is 0.793 bits per heavy atom. The van der Waals surface area contributed by atoms with Gasteiger partial charge in [0, 0.05) is 11.8 Å². The molecule has 1 aliphatic carbocycles. The summed E-state index contributed by atoms with van der Waals surface area (Å²) in [4.78, 5) is 9.11. The minimum absolute atomic E-state index is 0.890. The van der Waals surface area contributed by atoms with Gasteiger partial charge < -0.3 is 0 Å². The second-order valence-corrected chi connectivity index (χ2v) is 9.08. The molecule has 158 valence electrons. The molecule has 0 atom stereocenters. The molecular weight excluding hydrogens is 352 g/mol. The highest BCUT2D eigenvalue weighted by Crippen LogP contribution is 2.35. The first-order chi connectivity index (χ1) is 14.3. The lowest BCUT2D eigenvalue weighted by Crippen LogP contribution is -2.15. The molecule has 0 aliphatic heterocycles. The van der Waals surface area contributed by atoms with Crippen LogP contribution in [-0.2, 0) is 12.8 Å². The van der Waals surface area contributed by atoms with Gasteiger partial charge in [0.05, 0.1) is 5.69 Å². The minimum Gasteiger partial charge on any atom is -0.244 e. The molecule has 0 unspecified atom stereocenters. The normalized spacial score (nSPS) is 19.4. The second kappa shape index (κ2) is 12.1. The van der Waals surface area contributed by atoms with Crippen molar-refractivity contribution in [1.29, 1.82) is 0 Å². The Kier molecular flexibility index (Phi) is 9.18. The average Bonchev–Trinajstić information content (AvgIpc) is 2.78. The van der Waals surface area contributed by atoms with Gasteiger partial charge in [-0.1, -0.05) is 95.9 Å². The number of hydrogen-bond donors (Lipinski definition) is 0. The highest BCUT2D eigenvalue weighted by molar-refractivity contribution is 5.66. The quantitative estimate of drug-likeness (QED) is 0.364. The number of hydrogen-bond acceptors (Lipinski definition) is 2. The van der Waals surface area contributed by atoms with Gasteiger partial charge in [-0.3, -0.25) is 0 Å². The fraction of sp³-hybridized carbons (Fsp3) is 0.630. The first kappa shape index (κ1) is 22.0. The fourth-order valence-corrected chi connectivity index (χ4v) is 4.98. The molecule has 1 fully saturated rings. The summed E-state index contributed by atoms with van der Waals surface area (Å²) in [5.74, 6) is 1.89. The summed E-state index contributed by atoms with van der Waals surface area (Å²) in [6.45, 7) is 4.58. The van der Waals surface area contributed by atoms with Gasteiger partial charge in [-0.05, 0) is 48.6 Å². The molecule has 1 aromatic carbocycles. The lowest BCUT2D eigenvalue weighted by molar-refractivity contribution is 0.250. The molecule has 0 radical (unpaired) electrons. The molecule has 0 spiro atoms. The molecule has 0 saturated heterocycles. The maximum Gasteiger partial charge on any atom is 0.116 e. The van der Waals surface area contributed by atoms with Crippen LogP contribution in [0.2, 0.25) is 0 Å². The predicted octanol–water partition coefficient (Wildman–Crippen LogP) is 7.81. The van der Waals surface area contributed by atoms with Crippen molar-refractivity contribution in [3.05, 3.63) is 47.9 Å². The van der Waals surface area contributed by atoms with Crippen LogP contribution in [0.1, 0.15) is 95.6 Å². The first-order valence-corrected chi connectivity index (χ1v) is 12.2. The third-order valence-corrected chi connectivity index (χ3v) is 6.86. The van der Waals surface area contributed by atoms with Crippen LogP contribution < -0.4 is 0 Å². The van der Waals surface area contributed by atoms with Crippen molar-refractivity contribution >= 4 is 0 Å². The topological polar surface area (TPSA) is 25.8 Å². The fourth-order valence-electron chi connectivity index (χ4n) is 4.98. The van der Waals surface area contributed by atoms with Crippen molar-refractivity contribution in [2.75, 3.05) is 0 Å². The number of rotatable bonds is 11. The van der Waals surface area contributed by atoms with E-state index in [1.807, 2.05) is 0 Å². The van der Waals surface area contributed by atoms with E-state index in [0.29, 0.717) is 0 Å². The summed E-state index contributed by atoms with van der Waals surface area (Å²) in [5, 5.41) is 0. The van der Waals surface area contributed by atoms with Gasteiger partial charge in [0.1, 0.15) is 6.33 Å². The Morgan fingerprint density at radius 2 is 1.52 bits per heavy atom. The van der Waals surface area contributed by atoms with Gasteiger partial charge in [0.15, 0.2) is 0 Å². The Bertz CT molecular complexity index is 716. The molecule has 1 aliphatic rings. The zero-order chi connectivity index (χ0) is 20.3. The first-order valence-electron chi connectivity index (χ1n) is 12.2. The standard InChI is InChI=1S/C27H40N2/c1-3-5-7-11-24-12-8-9-13-26(24)27-25(20-28-21-29-27)19-18-23-16-14-22(15-17-23)10-6-4-2/h8-9,12-13,20-23H,3-7,10-11,14-19H2,1-2H3. The molecule has 0 amide bonds. The lowest BCUT2D eigenvalue weighted by Gasteiger charge is -2.28. The number of benzene rings is 1. The molecule has 1 aromatic heterocycles. The summed E-state index contributed by atoms with van der Waals surface area (Å²) in [6.07, 6.45) is 21.1. The SMILES string of the molecule is CCCCCc1ccccc1-c1ncncc1CCC1CCC(CCCC)CC1. The summed E-state index contributed by atoms with van der Waals surface area (Å²) in [6, 6.07) is 8.87. The highest BCUT2D eigenvalue weighted by Gasteiger charge is 2.21. The lowest BCUT2D eigenvalue weighted by atomic mass is 9.77. The van der Waals surface area contributed by atoms with Gasteiger partial charge in [-0.2, -0.15) is 0 Å². The molecule has 0 N–H and O–H groups in total. The van der Waals surface area contributed by atoms with Crippen LogP contribution >= 0.6 is 0 Å². The van der Waals surface area contributed by atoms with Crippen molar-refractivity contribution in [2.45, 2.75) is 97.3 Å². The van der Waals surface area contributed by atoms with E-state index in [4.69, 9.17) is 4.98 Å². The largest absolute Gasteiger partial charge is 0.244 e. The summed E-state index contributed by atoms with van der Waals surface area (Å²) >= 11 is 0. The van der Waals surface area contributed by atoms with Gasteiger partial charge >= 0.3 is 0 Å². The molecule has 2 nitrogen and oxygen atoms in total. The van der Waals surface area contributed by atoms with Crippen molar-refractivity contribution in [3.63, 3.8) is 0 Å². The van der Waals surface area contributed by atoms with Crippen molar-refractivity contribution in [2.24, 2.45) is 11.8 Å². The smallest absolute Gasteiger partial charge is 0.116 e. The van der Waals surface area contributed by atoms with Crippen LogP contribution in [0.4, 0.5) is 0 Å². The van der Waals surface area contributed by atoms with Crippen LogP contribution in [0.25, 0.3) is 11.3 Å². The maximum atomic E-state index is 4.74. The van der Waals surface area contributed by atoms with Gasteiger partial charge in [-0.15, -0.1) is 0 Å². The monoisotopic (exact) mass is 392 g/mol. The van der Waals surface area contributed by atoms with E-state index in [0.717, 1.165) is 24.7 Å². The second-order valence-electron chi connectivity index (χ2n) is 9.08. The van der Waals surface area contributed by atoms with Crippen LogP contribution in [-0.4, -0.2) is 9.97 Å². The van der Waals surface area contributed by atoms with Crippen molar-refractivity contribution in [3.8, 4) is 11.3 Å². The van der Waals surface area contributed by atoms with Gasteiger partial charge in [-0.25, -0.2) is 9.97 Å². The van der Waals surface area contributed by atoms with E-state index < -0.39 is 0 Å². The third kappa shape index (κ3) is 6.66. The minimum atomic E-state index is 0.890. The number of aryl methyl sites for hydroxylation is 2. The van der Waals surface area contributed by atoms with Crippen molar-refractivity contribution in [1.82, 2.24) is 9.97 Å². The molecule has 0 bridgehead atoms. The van der Waals surface area contributed by atoms with Crippen molar-refractivity contribution < 1.29 is 0 Å². The van der Waals surface area contributed by atoms with E-state index in [1.165, 1.54) is 93.0 Å². The Labute approximate surface area is 178 Å². The summed E-state index contributed by atoms with van der Waals surface area (Å²) < 4.78 is 0. The molecule has 1 saturated carbocycles. The molecule has 2 heteroatoms. The number of nitrogens with zero attached hydrogens (tertiary/aromatic N) is 2. The van der Waals surface area contributed by atoms with E-state index in [9.17, 15) is 0 Å². The number of aromatic nitrogens is 2. The van der Waals surface area contributed by atoms with Crippen LogP contribution in [0.5, 0.6) is 0 Å². The number of unbranched alkanes of at least 4 members (excludes halogenated alkanes) is 3. The average molecular weight is 393 g/mol. The van der Waals surface area contributed by atoms with Crippen LogP contribution in [0.3, 0.4) is 0 Å². The molecule has 29 heavy (non-hydrogen) atoms. The van der Waals surface area contributed by atoms with E-state index in [1.54, 1.807) is 6.33 Å². The Morgan fingerprint density at radius 3 is 2.28 bits per heavy atom. The van der Waals surface area contributed by atoms with E-state index >= 15 is 0 Å². The molecular formula is C27H40N2. The van der Waals surface area contributed by atoms with Gasteiger partial charge in [0.25, 0.3) is 0 Å². The highest BCUT2D eigenvalue weighted by atomic mass is 14.8. The zero-order valence-corrected chi connectivity index (χ0v) is 18.7.